The molecular weight excluding hydrogens is 230 g/mol. The fourth-order valence-corrected chi connectivity index (χ4v) is 2.03. The highest BCUT2D eigenvalue weighted by molar-refractivity contribution is 6.06. The number of para-hydroxylation sites is 1. The summed E-state index contributed by atoms with van der Waals surface area (Å²) in [7, 11) is 1.54. The second-order valence-corrected chi connectivity index (χ2v) is 3.81. The molecule has 18 heavy (non-hydrogen) atoms. The van der Waals surface area contributed by atoms with E-state index in [1.165, 1.54) is 0 Å². The van der Waals surface area contributed by atoms with Crippen LogP contribution in [-0.2, 0) is 0 Å². The van der Waals surface area contributed by atoms with Crippen LogP contribution in [0.3, 0.4) is 0 Å². The third kappa shape index (κ3) is 1.46. The summed E-state index contributed by atoms with van der Waals surface area (Å²) in [5, 5.41) is 5.55. The highest BCUT2D eigenvalue weighted by Crippen LogP contribution is 2.37. The van der Waals surface area contributed by atoms with Crippen LogP contribution in [0.25, 0.3) is 32.4 Å². The van der Waals surface area contributed by atoms with Crippen molar-refractivity contribution in [1.29, 1.82) is 0 Å². The van der Waals surface area contributed by atoms with Gasteiger partial charge in [-0.1, -0.05) is 23.3 Å². The lowest BCUT2D eigenvalue weighted by Crippen LogP contribution is -1.82. The van der Waals surface area contributed by atoms with E-state index in [4.69, 9.17) is 14.7 Å². The molecule has 88 valence electrons. The molecule has 3 aromatic rings. The third-order valence-electron chi connectivity index (χ3n) is 2.83. The van der Waals surface area contributed by atoms with E-state index in [0.29, 0.717) is 17.0 Å². The lowest BCUT2D eigenvalue weighted by molar-refractivity contribution is 0.416. The topological polar surface area (TPSA) is 71.1 Å². The number of azide groups is 1. The number of hydrogen-bond donors (Lipinski definition) is 0. The van der Waals surface area contributed by atoms with Crippen LogP contribution < -0.4 is 4.74 Å². The van der Waals surface area contributed by atoms with Crippen molar-refractivity contribution in [3.05, 3.63) is 46.8 Å². The minimum Gasteiger partial charge on any atom is -0.496 e. The molecule has 0 fully saturated rings. The average Bonchev–Trinajstić information content (AvgIpc) is 2.75. The lowest BCUT2D eigenvalue weighted by Gasteiger charge is -2.02. The lowest BCUT2D eigenvalue weighted by atomic mass is 10.1. The zero-order valence-corrected chi connectivity index (χ0v) is 9.62. The molecule has 5 heteroatoms. The number of furan rings is 1. The SMILES string of the molecule is COc1cc2c(cc1N=[N+]=[N-])oc1ccccc12. The van der Waals surface area contributed by atoms with Crippen molar-refractivity contribution in [1.82, 2.24) is 0 Å². The summed E-state index contributed by atoms with van der Waals surface area (Å²) in [5.74, 6) is 0.534. The van der Waals surface area contributed by atoms with Crippen LogP contribution in [0.2, 0.25) is 0 Å². The van der Waals surface area contributed by atoms with Gasteiger partial charge in [-0.15, -0.1) is 0 Å². The van der Waals surface area contributed by atoms with Gasteiger partial charge in [0, 0.05) is 15.7 Å². The average molecular weight is 239 g/mol. The maximum Gasteiger partial charge on any atom is 0.136 e. The molecule has 0 N–H and O–H groups in total. The van der Waals surface area contributed by atoms with Crippen molar-refractivity contribution >= 4 is 27.6 Å². The standard InChI is InChI=1S/C13H9N3O2/c1-17-13-6-9-8-4-2-3-5-11(8)18-12(9)7-10(13)15-16-14/h2-7H,1H3. The van der Waals surface area contributed by atoms with E-state index in [1.54, 1.807) is 13.2 Å². The van der Waals surface area contributed by atoms with E-state index in [2.05, 4.69) is 10.0 Å². The van der Waals surface area contributed by atoms with Crippen molar-refractivity contribution < 1.29 is 9.15 Å². The van der Waals surface area contributed by atoms with E-state index in [9.17, 15) is 0 Å². The Balaban J connectivity index is 2.42. The molecule has 5 nitrogen and oxygen atoms in total. The van der Waals surface area contributed by atoms with Gasteiger partial charge in [-0.2, -0.15) is 0 Å². The molecule has 0 spiro atoms. The number of benzene rings is 2. The molecule has 0 saturated heterocycles. The summed E-state index contributed by atoms with van der Waals surface area (Å²) in [6.45, 7) is 0. The summed E-state index contributed by atoms with van der Waals surface area (Å²) >= 11 is 0. The number of methoxy groups -OCH3 is 1. The van der Waals surface area contributed by atoms with Crippen LogP contribution in [0.15, 0.2) is 45.9 Å². The molecule has 0 amide bonds. The third-order valence-corrected chi connectivity index (χ3v) is 2.83. The largest absolute Gasteiger partial charge is 0.496 e. The van der Waals surface area contributed by atoms with Crippen molar-refractivity contribution in [3.8, 4) is 5.75 Å². The highest BCUT2D eigenvalue weighted by Gasteiger charge is 2.10. The van der Waals surface area contributed by atoms with Gasteiger partial charge in [0.25, 0.3) is 0 Å². The quantitative estimate of drug-likeness (QED) is 0.374. The van der Waals surface area contributed by atoms with Crippen molar-refractivity contribution in [2.75, 3.05) is 7.11 Å². The Morgan fingerprint density at radius 1 is 1.17 bits per heavy atom. The van der Waals surface area contributed by atoms with Crippen LogP contribution in [0.4, 0.5) is 5.69 Å². The molecule has 2 aromatic carbocycles. The molecule has 1 heterocycles. The Morgan fingerprint density at radius 2 is 2.00 bits per heavy atom. The first kappa shape index (κ1) is 10.5. The first-order chi connectivity index (χ1) is 8.83. The fourth-order valence-electron chi connectivity index (χ4n) is 2.03. The van der Waals surface area contributed by atoms with Gasteiger partial charge >= 0.3 is 0 Å². The smallest absolute Gasteiger partial charge is 0.136 e. The molecule has 1 aromatic heterocycles. The Morgan fingerprint density at radius 3 is 2.78 bits per heavy atom. The van der Waals surface area contributed by atoms with Gasteiger partial charge in [-0.25, -0.2) is 0 Å². The molecule has 0 aliphatic rings. The summed E-state index contributed by atoms with van der Waals surface area (Å²) in [4.78, 5) is 2.78. The first-order valence-electron chi connectivity index (χ1n) is 5.38. The maximum absolute atomic E-state index is 8.52. The molecule has 0 atom stereocenters. The highest BCUT2D eigenvalue weighted by atomic mass is 16.5. The maximum atomic E-state index is 8.52. The Hall–Kier alpha value is -2.65. The van der Waals surface area contributed by atoms with Gasteiger partial charge in [-0.3, -0.25) is 0 Å². The van der Waals surface area contributed by atoms with Gasteiger partial charge in [0.2, 0.25) is 0 Å². The molecule has 0 radical (unpaired) electrons. The fraction of sp³-hybridized carbons (Fsp3) is 0.0769. The molecule has 0 aliphatic carbocycles. The Bertz CT molecular complexity index is 785. The summed E-state index contributed by atoms with van der Waals surface area (Å²) in [6.07, 6.45) is 0. The first-order valence-corrected chi connectivity index (χ1v) is 5.38. The second-order valence-electron chi connectivity index (χ2n) is 3.81. The second kappa shape index (κ2) is 3.98. The van der Waals surface area contributed by atoms with Crippen LogP contribution >= 0.6 is 0 Å². The Labute approximate surface area is 102 Å². The van der Waals surface area contributed by atoms with Gasteiger partial charge in [0.1, 0.15) is 16.9 Å². The molecule has 0 aliphatic heterocycles. The summed E-state index contributed by atoms with van der Waals surface area (Å²) in [6, 6.07) is 11.3. The number of nitrogens with zero attached hydrogens (tertiary/aromatic N) is 3. The Kier molecular flexibility index (Phi) is 2.32. The van der Waals surface area contributed by atoms with Crippen LogP contribution in [0.5, 0.6) is 5.75 Å². The summed E-state index contributed by atoms with van der Waals surface area (Å²) < 4.78 is 10.9. The van der Waals surface area contributed by atoms with Gasteiger partial charge < -0.3 is 9.15 Å². The zero-order chi connectivity index (χ0) is 12.5. The van der Waals surface area contributed by atoms with Gasteiger partial charge in [0.15, 0.2) is 0 Å². The van der Waals surface area contributed by atoms with E-state index in [0.717, 1.165) is 16.4 Å². The monoisotopic (exact) mass is 239 g/mol. The van der Waals surface area contributed by atoms with E-state index >= 15 is 0 Å². The molecule has 0 bridgehead atoms. The predicted molar refractivity (Wildman–Crippen MR) is 69.1 cm³/mol. The number of ether oxygens (including phenoxy) is 1. The van der Waals surface area contributed by atoms with Crippen LogP contribution in [0, 0.1) is 0 Å². The number of fused-ring (bicyclic) bond motifs is 3. The normalized spacial score (nSPS) is 10.5. The van der Waals surface area contributed by atoms with E-state index < -0.39 is 0 Å². The van der Waals surface area contributed by atoms with E-state index in [1.807, 2.05) is 30.3 Å². The molecular formula is C13H9N3O2. The molecule has 0 unspecified atom stereocenters. The summed E-state index contributed by atoms with van der Waals surface area (Å²) in [5.41, 5.74) is 10.4. The van der Waals surface area contributed by atoms with Crippen molar-refractivity contribution in [3.63, 3.8) is 0 Å². The minimum absolute atomic E-state index is 0.423. The van der Waals surface area contributed by atoms with Crippen molar-refractivity contribution in [2.24, 2.45) is 5.11 Å². The zero-order valence-electron chi connectivity index (χ0n) is 9.62. The van der Waals surface area contributed by atoms with Crippen LogP contribution in [-0.4, -0.2) is 7.11 Å². The van der Waals surface area contributed by atoms with E-state index in [-0.39, 0.29) is 0 Å². The van der Waals surface area contributed by atoms with Crippen LogP contribution in [0.1, 0.15) is 0 Å². The minimum atomic E-state index is 0.423. The number of rotatable bonds is 2. The molecule has 0 saturated carbocycles. The molecule has 3 rings (SSSR count). The number of hydrogen-bond acceptors (Lipinski definition) is 3. The van der Waals surface area contributed by atoms with Gasteiger partial charge in [0.05, 0.1) is 12.8 Å². The van der Waals surface area contributed by atoms with Gasteiger partial charge in [-0.05, 0) is 23.7 Å². The predicted octanol–water partition coefficient (Wildman–Crippen LogP) is 4.54. The van der Waals surface area contributed by atoms with Crippen molar-refractivity contribution in [2.45, 2.75) is 0 Å².